The lowest BCUT2D eigenvalue weighted by Crippen LogP contribution is -2.55. The van der Waals surface area contributed by atoms with Crippen LogP contribution in [-0.2, 0) is 9.59 Å². The topological polar surface area (TPSA) is 57.7 Å². The van der Waals surface area contributed by atoms with Crippen molar-refractivity contribution >= 4 is 17.8 Å². The van der Waals surface area contributed by atoms with Crippen LogP contribution < -0.4 is 0 Å². The Balaban J connectivity index is 2.76. The number of unbranched alkanes of at least 4 members (excludes halogenated alkanes) is 1. The highest BCUT2D eigenvalue weighted by Crippen LogP contribution is 2.12. The number of amides is 4. The molecule has 0 spiro atoms. The Morgan fingerprint density at radius 3 is 2.44 bits per heavy atom. The zero-order chi connectivity index (χ0) is 12.1. The predicted molar refractivity (Wildman–Crippen MR) is 58.5 cm³/mol. The highest BCUT2D eigenvalue weighted by Gasteiger charge is 2.36. The van der Waals surface area contributed by atoms with Gasteiger partial charge in [-0.3, -0.25) is 19.4 Å². The Hall–Kier alpha value is -1.65. The van der Waals surface area contributed by atoms with Crippen molar-refractivity contribution in [1.29, 1.82) is 0 Å². The molecule has 16 heavy (non-hydrogen) atoms. The number of carbonyl (C=O) groups excluding carboxylic acids is 3. The molecule has 1 aliphatic heterocycles. The molecule has 1 saturated heterocycles. The van der Waals surface area contributed by atoms with Gasteiger partial charge in [0.1, 0.15) is 6.42 Å². The summed E-state index contributed by atoms with van der Waals surface area (Å²) in [7, 11) is 0. The van der Waals surface area contributed by atoms with Gasteiger partial charge in [0, 0.05) is 13.1 Å². The molecule has 4 amide bonds. The van der Waals surface area contributed by atoms with E-state index in [0.29, 0.717) is 6.54 Å². The molecule has 0 unspecified atom stereocenters. The van der Waals surface area contributed by atoms with E-state index in [1.165, 1.54) is 6.08 Å². The van der Waals surface area contributed by atoms with Gasteiger partial charge >= 0.3 is 6.03 Å². The average Bonchev–Trinajstić information content (AvgIpc) is 2.24. The first-order valence-corrected chi connectivity index (χ1v) is 5.37. The predicted octanol–water partition coefficient (Wildman–Crippen LogP) is 1.15. The van der Waals surface area contributed by atoms with E-state index < -0.39 is 17.8 Å². The van der Waals surface area contributed by atoms with Gasteiger partial charge in [0.15, 0.2) is 0 Å². The minimum absolute atomic E-state index is 0.160. The van der Waals surface area contributed by atoms with Gasteiger partial charge in [-0.05, 0) is 6.42 Å². The zero-order valence-corrected chi connectivity index (χ0v) is 9.44. The normalized spacial score (nSPS) is 16.9. The number of nitrogens with zero attached hydrogens (tertiary/aromatic N) is 2. The summed E-state index contributed by atoms with van der Waals surface area (Å²) in [5.74, 6) is -0.841. The van der Waals surface area contributed by atoms with Crippen molar-refractivity contribution in [3.05, 3.63) is 12.7 Å². The summed E-state index contributed by atoms with van der Waals surface area (Å²) < 4.78 is 0. The van der Waals surface area contributed by atoms with Gasteiger partial charge in [-0.2, -0.15) is 0 Å². The van der Waals surface area contributed by atoms with E-state index >= 15 is 0 Å². The molecule has 0 radical (unpaired) electrons. The molecule has 1 aliphatic rings. The summed E-state index contributed by atoms with van der Waals surface area (Å²) in [5, 5.41) is 0. The van der Waals surface area contributed by atoms with Crippen LogP contribution in [0.4, 0.5) is 4.79 Å². The summed E-state index contributed by atoms with van der Waals surface area (Å²) in [4.78, 5) is 36.9. The SMILES string of the molecule is C=CCN1C(=O)CC(=O)N(CCCC)C1=O. The first-order chi connectivity index (χ1) is 7.61. The molecular weight excluding hydrogens is 208 g/mol. The van der Waals surface area contributed by atoms with E-state index in [2.05, 4.69) is 6.58 Å². The van der Waals surface area contributed by atoms with Gasteiger partial charge in [-0.15, -0.1) is 6.58 Å². The van der Waals surface area contributed by atoms with Crippen LogP contribution in [0.15, 0.2) is 12.7 Å². The molecule has 5 nitrogen and oxygen atoms in total. The van der Waals surface area contributed by atoms with Crippen molar-refractivity contribution in [1.82, 2.24) is 9.80 Å². The number of hydrogen-bond acceptors (Lipinski definition) is 3. The summed E-state index contributed by atoms with van der Waals surface area (Å²) in [6.45, 7) is 6.00. The van der Waals surface area contributed by atoms with E-state index in [1.54, 1.807) is 0 Å². The van der Waals surface area contributed by atoms with E-state index in [1.807, 2.05) is 6.92 Å². The van der Waals surface area contributed by atoms with Gasteiger partial charge in [-0.25, -0.2) is 4.79 Å². The third kappa shape index (κ3) is 2.48. The molecular formula is C11H16N2O3. The molecule has 0 bridgehead atoms. The Bertz CT molecular complexity index is 325. The lowest BCUT2D eigenvalue weighted by molar-refractivity contribution is -0.142. The molecule has 1 fully saturated rings. The van der Waals surface area contributed by atoms with Crippen molar-refractivity contribution in [3.8, 4) is 0 Å². The first-order valence-electron chi connectivity index (χ1n) is 5.37. The maximum Gasteiger partial charge on any atom is 0.333 e. The average molecular weight is 224 g/mol. The fourth-order valence-electron chi connectivity index (χ4n) is 1.52. The van der Waals surface area contributed by atoms with Crippen molar-refractivity contribution in [2.75, 3.05) is 13.1 Å². The summed E-state index contributed by atoms with van der Waals surface area (Å²) >= 11 is 0. The van der Waals surface area contributed by atoms with Crippen molar-refractivity contribution in [2.24, 2.45) is 0 Å². The van der Waals surface area contributed by atoms with Crippen LogP contribution in [0, 0.1) is 0 Å². The molecule has 5 heteroatoms. The molecule has 0 saturated carbocycles. The highest BCUT2D eigenvalue weighted by atomic mass is 16.2. The Labute approximate surface area is 94.7 Å². The van der Waals surface area contributed by atoms with Crippen LogP contribution in [0.3, 0.4) is 0 Å². The number of rotatable bonds is 5. The van der Waals surface area contributed by atoms with E-state index in [4.69, 9.17) is 0 Å². The standard InChI is InChI=1S/C11H16N2O3/c1-3-5-7-13-10(15)8-9(14)12(6-4-2)11(13)16/h4H,2-3,5-8H2,1H3. The smallest absolute Gasteiger partial charge is 0.274 e. The molecule has 0 N–H and O–H groups in total. The maximum atomic E-state index is 11.8. The van der Waals surface area contributed by atoms with Gasteiger partial charge in [0.25, 0.3) is 0 Å². The molecule has 0 aliphatic carbocycles. The number of barbiturate groups is 1. The summed E-state index contributed by atoms with van der Waals surface area (Å²) in [6, 6.07) is -0.519. The third-order valence-corrected chi connectivity index (χ3v) is 2.41. The van der Waals surface area contributed by atoms with E-state index in [-0.39, 0.29) is 13.0 Å². The fraction of sp³-hybridized carbons (Fsp3) is 0.545. The Kier molecular flexibility index (Phi) is 4.22. The minimum Gasteiger partial charge on any atom is -0.274 e. The second-order valence-electron chi connectivity index (χ2n) is 3.65. The number of hydrogen-bond donors (Lipinski definition) is 0. The zero-order valence-electron chi connectivity index (χ0n) is 9.44. The fourth-order valence-corrected chi connectivity index (χ4v) is 1.52. The number of imide groups is 2. The molecule has 0 aromatic heterocycles. The molecule has 1 heterocycles. The number of carbonyl (C=O) groups is 3. The molecule has 88 valence electrons. The molecule has 1 rings (SSSR count). The quantitative estimate of drug-likeness (QED) is 0.520. The van der Waals surface area contributed by atoms with E-state index in [0.717, 1.165) is 22.6 Å². The highest BCUT2D eigenvalue weighted by molar-refractivity contribution is 6.14. The van der Waals surface area contributed by atoms with Crippen LogP contribution in [0.1, 0.15) is 26.2 Å². The van der Waals surface area contributed by atoms with Crippen LogP contribution in [0.2, 0.25) is 0 Å². The van der Waals surface area contributed by atoms with Crippen LogP contribution in [0.25, 0.3) is 0 Å². The maximum absolute atomic E-state index is 11.8. The first kappa shape index (κ1) is 12.4. The van der Waals surface area contributed by atoms with Crippen LogP contribution in [-0.4, -0.2) is 40.7 Å². The lowest BCUT2D eigenvalue weighted by Gasteiger charge is -2.31. The Morgan fingerprint density at radius 1 is 1.25 bits per heavy atom. The van der Waals surface area contributed by atoms with Crippen molar-refractivity contribution in [3.63, 3.8) is 0 Å². The molecule has 0 aromatic carbocycles. The van der Waals surface area contributed by atoms with Gasteiger partial charge in [0.2, 0.25) is 11.8 Å². The largest absolute Gasteiger partial charge is 0.333 e. The van der Waals surface area contributed by atoms with Crippen molar-refractivity contribution in [2.45, 2.75) is 26.2 Å². The second-order valence-corrected chi connectivity index (χ2v) is 3.65. The summed E-state index contributed by atoms with van der Waals surface area (Å²) in [6.07, 6.45) is 2.91. The second kappa shape index (κ2) is 5.44. The monoisotopic (exact) mass is 224 g/mol. The van der Waals surface area contributed by atoms with Crippen molar-refractivity contribution < 1.29 is 14.4 Å². The lowest BCUT2D eigenvalue weighted by atomic mass is 10.2. The summed E-state index contributed by atoms with van der Waals surface area (Å²) in [5.41, 5.74) is 0. The van der Waals surface area contributed by atoms with Gasteiger partial charge in [0.05, 0.1) is 0 Å². The van der Waals surface area contributed by atoms with Crippen LogP contribution >= 0.6 is 0 Å². The van der Waals surface area contributed by atoms with Gasteiger partial charge in [-0.1, -0.05) is 19.4 Å². The van der Waals surface area contributed by atoms with Crippen LogP contribution in [0.5, 0.6) is 0 Å². The molecule has 0 aromatic rings. The van der Waals surface area contributed by atoms with Gasteiger partial charge < -0.3 is 0 Å². The molecule has 0 atom stereocenters. The number of urea groups is 1. The third-order valence-electron chi connectivity index (χ3n) is 2.41. The minimum atomic E-state index is -0.519. The Morgan fingerprint density at radius 2 is 1.88 bits per heavy atom. The van der Waals surface area contributed by atoms with E-state index in [9.17, 15) is 14.4 Å².